The Morgan fingerprint density at radius 1 is 0.912 bits per heavy atom. The number of carbonyl (C=O) groups is 1. The van der Waals surface area contributed by atoms with E-state index in [-0.39, 0.29) is 17.1 Å². The predicted molar refractivity (Wildman–Crippen MR) is 130 cm³/mol. The number of fused-ring (bicyclic) bond motifs is 2. The molecule has 1 aliphatic heterocycles. The first-order valence-corrected chi connectivity index (χ1v) is 11.2. The molecule has 0 aliphatic carbocycles. The Morgan fingerprint density at radius 3 is 2.21 bits per heavy atom. The number of rotatable bonds is 6. The number of benzene rings is 3. The monoisotopic (exact) mass is 475 g/mol. The van der Waals surface area contributed by atoms with E-state index in [9.17, 15) is 9.59 Å². The summed E-state index contributed by atoms with van der Waals surface area (Å²) in [6, 6.07) is 19.3. The van der Waals surface area contributed by atoms with Crippen LogP contribution in [0.1, 0.15) is 33.3 Å². The SMILES string of the molecule is COc1ccc(CCN2C(=O)c3oc4ccc(Cl)cc4c(=O)c3C2c2ccc(OC)cc2)cc1. The van der Waals surface area contributed by atoms with Gasteiger partial charge in [-0.05, 0) is 60.0 Å². The minimum atomic E-state index is -0.578. The first kappa shape index (κ1) is 22.0. The van der Waals surface area contributed by atoms with Gasteiger partial charge in [0.2, 0.25) is 5.76 Å². The molecule has 1 aromatic heterocycles. The van der Waals surface area contributed by atoms with Gasteiger partial charge < -0.3 is 18.8 Å². The molecule has 0 N–H and O–H groups in total. The summed E-state index contributed by atoms with van der Waals surface area (Å²) in [5, 5.41) is 0.788. The van der Waals surface area contributed by atoms with Gasteiger partial charge in [-0.25, -0.2) is 0 Å². The lowest BCUT2D eigenvalue weighted by atomic mass is 9.98. The molecule has 0 saturated carbocycles. The third-order valence-electron chi connectivity index (χ3n) is 6.16. The second-order valence-electron chi connectivity index (χ2n) is 8.09. The molecule has 2 heterocycles. The lowest BCUT2D eigenvalue weighted by Gasteiger charge is -2.25. The van der Waals surface area contributed by atoms with Gasteiger partial charge in [0.15, 0.2) is 5.43 Å². The number of carbonyl (C=O) groups excluding carboxylic acids is 1. The Kier molecular flexibility index (Phi) is 5.75. The van der Waals surface area contributed by atoms with E-state index in [0.29, 0.717) is 40.3 Å². The highest BCUT2D eigenvalue weighted by Gasteiger charge is 2.42. The summed E-state index contributed by atoms with van der Waals surface area (Å²) in [5.74, 6) is 1.23. The van der Waals surface area contributed by atoms with Crippen molar-refractivity contribution in [3.05, 3.63) is 104 Å². The fraction of sp³-hybridized carbons (Fsp3) is 0.185. The van der Waals surface area contributed by atoms with E-state index in [4.69, 9.17) is 25.5 Å². The molecule has 0 fully saturated rings. The fourth-order valence-corrected chi connectivity index (χ4v) is 4.57. The van der Waals surface area contributed by atoms with Crippen LogP contribution in [-0.2, 0) is 6.42 Å². The molecule has 172 valence electrons. The van der Waals surface area contributed by atoms with Gasteiger partial charge in [0.25, 0.3) is 5.91 Å². The average molecular weight is 476 g/mol. The highest BCUT2D eigenvalue weighted by Crippen LogP contribution is 2.39. The van der Waals surface area contributed by atoms with Crippen LogP contribution in [0.25, 0.3) is 11.0 Å². The first-order chi connectivity index (χ1) is 16.5. The van der Waals surface area contributed by atoms with E-state index in [1.54, 1.807) is 37.3 Å². The number of hydrogen-bond donors (Lipinski definition) is 0. The van der Waals surface area contributed by atoms with Crippen LogP contribution >= 0.6 is 11.6 Å². The van der Waals surface area contributed by atoms with Crippen LogP contribution in [0.3, 0.4) is 0 Å². The van der Waals surface area contributed by atoms with E-state index in [0.717, 1.165) is 16.9 Å². The van der Waals surface area contributed by atoms with Crippen molar-refractivity contribution in [2.45, 2.75) is 12.5 Å². The molecule has 1 unspecified atom stereocenters. The van der Waals surface area contributed by atoms with Crippen LogP contribution in [0.2, 0.25) is 5.02 Å². The largest absolute Gasteiger partial charge is 0.497 e. The summed E-state index contributed by atoms with van der Waals surface area (Å²) in [4.78, 5) is 28.8. The van der Waals surface area contributed by atoms with Crippen molar-refractivity contribution in [3.8, 4) is 11.5 Å². The highest BCUT2D eigenvalue weighted by molar-refractivity contribution is 6.31. The topological polar surface area (TPSA) is 69.0 Å². The van der Waals surface area contributed by atoms with Crippen molar-refractivity contribution in [1.82, 2.24) is 4.90 Å². The van der Waals surface area contributed by atoms with Gasteiger partial charge in [0.1, 0.15) is 17.1 Å². The minimum absolute atomic E-state index is 0.0790. The number of halogens is 1. The minimum Gasteiger partial charge on any atom is -0.497 e. The first-order valence-electron chi connectivity index (χ1n) is 10.8. The molecule has 4 aromatic rings. The van der Waals surface area contributed by atoms with E-state index >= 15 is 0 Å². The third kappa shape index (κ3) is 3.80. The van der Waals surface area contributed by atoms with Crippen molar-refractivity contribution in [1.29, 1.82) is 0 Å². The molecule has 7 heteroatoms. The molecular formula is C27H22ClNO5. The molecule has 0 saturated heterocycles. The molecule has 0 bridgehead atoms. The van der Waals surface area contributed by atoms with Crippen molar-refractivity contribution in [2.75, 3.05) is 20.8 Å². The zero-order valence-electron chi connectivity index (χ0n) is 18.7. The van der Waals surface area contributed by atoms with Gasteiger partial charge in [-0.1, -0.05) is 35.9 Å². The maximum Gasteiger partial charge on any atom is 0.290 e. The zero-order valence-corrected chi connectivity index (χ0v) is 19.5. The van der Waals surface area contributed by atoms with E-state index in [1.807, 2.05) is 48.5 Å². The number of nitrogens with zero attached hydrogens (tertiary/aromatic N) is 1. The highest BCUT2D eigenvalue weighted by atomic mass is 35.5. The van der Waals surface area contributed by atoms with Crippen LogP contribution in [-0.4, -0.2) is 31.6 Å². The van der Waals surface area contributed by atoms with Gasteiger partial charge in [-0.2, -0.15) is 0 Å². The Hall–Kier alpha value is -3.77. The maximum absolute atomic E-state index is 13.6. The maximum atomic E-state index is 13.6. The normalized spacial score (nSPS) is 15.0. The number of ether oxygens (including phenoxy) is 2. The van der Waals surface area contributed by atoms with Crippen molar-refractivity contribution in [2.24, 2.45) is 0 Å². The summed E-state index contributed by atoms with van der Waals surface area (Å²) >= 11 is 6.14. The van der Waals surface area contributed by atoms with Crippen LogP contribution < -0.4 is 14.9 Å². The summed E-state index contributed by atoms with van der Waals surface area (Å²) < 4.78 is 16.5. The second-order valence-corrected chi connectivity index (χ2v) is 8.52. The van der Waals surface area contributed by atoms with Gasteiger partial charge in [0.05, 0.1) is 31.2 Å². The Morgan fingerprint density at radius 2 is 1.56 bits per heavy atom. The molecular weight excluding hydrogens is 454 g/mol. The molecule has 3 aromatic carbocycles. The second kappa shape index (κ2) is 8.88. The number of hydrogen-bond acceptors (Lipinski definition) is 5. The smallest absolute Gasteiger partial charge is 0.290 e. The van der Waals surface area contributed by atoms with Crippen LogP contribution in [0.5, 0.6) is 11.5 Å². The van der Waals surface area contributed by atoms with Crippen molar-refractivity contribution in [3.63, 3.8) is 0 Å². The fourth-order valence-electron chi connectivity index (χ4n) is 4.40. The molecule has 0 radical (unpaired) electrons. The molecule has 1 aliphatic rings. The molecule has 34 heavy (non-hydrogen) atoms. The summed E-state index contributed by atoms with van der Waals surface area (Å²) in [7, 11) is 3.21. The van der Waals surface area contributed by atoms with Gasteiger partial charge in [-0.3, -0.25) is 9.59 Å². The molecule has 5 rings (SSSR count). The van der Waals surface area contributed by atoms with Gasteiger partial charge in [0, 0.05) is 11.6 Å². The van der Waals surface area contributed by atoms with Crippen molar-refractivity contribution < 1.29 is 18.7 Å². The quantitative estimate of drug-likeness (QED) is 0.381. The van der Waals surface area contributed by atoms with Gasteiger partial charge in [-0.15, -0.1) is 0 Å². The summed E-state index contributed by atoms with van der Waals surface area (Å²) in [6.07, 6.45) is 0.607. The van der Waals surface area contributed by atoms with Crippen LogP contribution in [0.15, 0.2) is 75.9 Å². The third-order valence-corrected chi connectivity index (χ3v) is 6.39. The van der Waals surface area contributed by atoms with Crippen molar-refractivity contribution >= 4 is 28.5 Å². The van der Waals surface area contributed by atoms with Crippen LogP contribution in [0, 0.1) is 0 Å². The Balaban J connectivity index is 1.59. The van der Waals surface area contributed by atoms with E-state index in [1.165, 1.54) is 0 Å². The molecule has 6 nitrogen and oxygen atoms in total. The predicted octanol–water partition coefficient (Wildman–Crippen LogP) is 5.25. The molecule has 1 amide bonds. The average Bonchev–Trinajstić information content (AvgIpc) is 3.15. The summed E-state index contributed by atoms with van der Waals surface area (Å²) in [5.41, 5.74) is 2.28. The standard InChI is InChI=1S/C27H22ClNO5/c1-32-19-8-3-16(4-9-19)13-14-29-24(17-5-10-20(33-2)11-6-17)23-25(30)21-15-18(28)7-12-22(21)34-26(23)27(29)31/h3-12,15,24H,13-14H2,1-2H3. The van der Waals surface area contributed by atoms with E-state index in [2.05, 4.69) is 0 Å². The number of amides is 1. The lowest BCUT2D eigenvalue weighted by molar-refractivity contribution is 0.0730. The van der Waals surface area contributed by atoms with E-state index < -0.39 is 6.04 Å². The van der Waals surface area contributed by atoms with Crippen LogP contribution in [0.4, 0.5) is 0 Å². The van der Waals surface area contributed by atoms with Gasteiger partial charge >= 0.3 is 0 Å². The Labute approximate surface area is 201 Å². The zero-order chi connectivity index (χ0) is 23.8. The number of methoxy groups -OCH3 is 2. The molecule has 0 spiro atoms. The summed E-state index contributed by atoms with van der Waals surface area (Å²) in [6.45, 7) is 0.405. The molecule has 1 atom stereocenters. The Bertz CT molecular complexity index is 1430. The lowest BCUT2D eigenvalue weighted by Crippen LogP contribution is -2.31.